The number of hydrogen-bond acceptors (Lipinski definition) is 6. The Kier molecular flexibility index (Phi) is 7.21. The topological polar surface area (TPSA) is 69.3 Å². The summed E-state index contributed by atoms with van der Waals surface area (Å²) in [5, 5.41) is 14.6. The van der Waals surface area contributed by atoms with Gasteiger partial charge >= 0.3 is 0 Å². The molecule has 159 valence electrons. The highest BCUT2D eigenvalue weighted by atomic mass is 16.5. The molecule has 29 heavy (non-hydrogen) atoms. The number of nitrogens with zero attached hydrogens (tertiary/aromatic N) is 1. The molecule has 1 radical (unpaired) electrons. The first kappa shape index (κ1) is 22.6. The highest BCUT2D eigenvalue weighted by molar-refractivity contribution is 5.56. The van der Waals surface area contributed by atoms with Crippen LogP contribution in [-0.2, 0) is 5.21 Å². The lowest BCUT2D eigenvalue weighted by Gasteiger charge is -2.36. The van der Waals surface area contributed by atoms with E-state index in [0.717, 1.165) is 5.06 Å². The maximum atomic E-state index is 13.5. The zero-order valence-corrected chi connectivity index (χ0v) is 18.4. The number of hydrogen-bond donors (Lipinski definition) is 0. The van der Waals surface area contributed by atoms with E-state index < -0.39 is 11.6 Å². The van der Waals surface area contributed by atoms with E-state index in [4.69, 9.17) is 23.7 Å². The minimum absolute atomic E-state index is 0.484. The maximum absolute atomic E-state index is 13.5. The van der Waals surface area contributed by atoms with Gasteiger partial charge in [-0.3, -0.25) is 0 Å². The van der Waals surface area contributed by atoms with E-state index in [1.165, 1.54) is 0 Å². The molecule has 2 rings (SSSR count). The van der Waals surface area contributed by atoms with Gasteiger partial charge in [-0.1, -0.05) is 0 Å². The lowest BCUT2D eigenvalue weighted by atomic mass is 9.92. The van der Waals surface area contributed by atoms with E-state index in [-0.39, 0.29) is 0 Å². The summed E-state index contributed by atoms with van der Waals surface area (Å²) in [4.78, 5) is 0. The van der Waals surface area contributed by atoms with E-state index in [2.05, 4.69) is 0 Å². The fourth-order valence-corrected chi connectivity index (χ4v) is 3.10. The second kappa shape index (κ2) is 9.24. The second-order valence-corrected chi connectivity index (χ2v) is 7.49. The minimum Gasteiger partial charge on any atom is -0.497 e. The van der Waals surface area contributed by atoms with E-state index in [0.29, 0.717) is 39.9 Å². The van der Waals surface area contributed by atoms with Gasteiger partial charge in [0.25, 0.3) is 0 Å². The molecule has 0 aliphatic heterocycles. The van der Waals surface area contributed by atoms with Gasteiger partial charge in [-0.05, 0) is 38.5 Å². The Hall–Kier alpha value is -2.64. The summed E-state index contributed by atoms with van der Waals surface area (Å²) in [5.41, 5.74) is 0.584. The molecule has 0 aliphatic rings. The third kappa shape index (κ3) is 4.86. The van der Waals surface area contributed by atoms with Gasteiger partial charge < -0.3 is 23.7 Å². The van der Waals surface area contributed by atoms with Crippen LogP contribution in [0.25, 0.3) is 0 Å². The molecule has 0 fully saturated rings. The quantitative estimate of drug-likeness (QED) is 0.612. The molecule has 0 saturated carbocycles. The van der Waals surface area contributed by atoms with E-state index in [9.17, 15) is 5.21 Å². The average molecular weight is 404 g/mol. The van der Waals surface area contributed by atoms with Gasteiger partial charge in [0, 0.05) is 23.7 Å². The highest BCUT2D eigenvalue weighted by Gasteiger charge is 2.36. The predicted octanol–water partition coefficient (Wildman–Crippen LogP) is 4.27. The Bertz CT molecular complexity index is 783. The van der Waals surface area contributed by atoms with E-state index in [1.807, 2.05) is 32.9 Å². The Morgan fingerprint density at radius 2 is 1.10 bits per heavy atom. The van der Waals surface area contributed by atoms with Crippen LogP contribution in [0.1, 0.15) is 37.9 Å². The molecule has 7 nitrogen and oxygen atoms in total. The van der Waals surface area contributed by atoms with Gasteiger partial charge in [0.2, 0.25) is 0 Å². The van der Waals surface area contributed by atoms with Crippen molar-refractivity contribution in [2.75, 3.05) is 35.5 Å². The van der Waals surface area contributed by atoms with Crippen molar-refractivity contribution in [3.63, 3.8) is 0 Å². The molecule has 7 heteroatoms. The molecule has 0 amide bonds. The maximum Gasteiger partial charge on any atom is 0.131 e. The lowest BCUT2D eigenvalue weighted by Crippen LogP contribution is -2.41. The number of benzene rings is 2. The molecule has 0 aliphatic carbocycles. The molecule has 0 spiro atoms. The third-order valence-electron chi connectivity index (χ3n) is 4.61. The van der Waals surface area contributed by atoms with Crippen molar-refractivity contribution in [3.8, 4) is 28.7 Å². The molecule has 2 aromatic carbocycles. The van der Waals surface area contributed by atoms with Crippen LogP contribution >= 0.6 is 0 Å². The number of ether oxygens (including phenoxy) is 5. The molecule has 1 unspecified atom stereocenters. The second-order valence-electron chi connectivity index (χ2n) is 7.49. The predicted molar refractivity (Wildman–Crippen MR) is 110 cm³/mol. The van der Waals surface area contributed by atoms with Gasteiger partial charge in [-0.2, -0.15) is 0 Å². The van der Waals surface area contributed by atoms with E-state index >= 15 is 0 Å². The van der Waals surface area contributed by atoms with Crippen molar-refractivity contribution in [2.24, 2.45) is 0 Å². The van der Waals surface area contributed by atoms with Gasteiger partial charge in [-0.25, -0.2) is 0 Å². The monoisotopic (exact) mass is 404 g/mol. The van der Waals surface area contributed by atoms with Crippen LogP contribution < -0.4 is 23.7 Å². The van der Waals surface area contributed by atoms with Crippen molar-refractivity contribution in [2.45, 2.75) is 32.4 Å². The molecule has 0 bridgehead atoms. The zero-order valence-electron chi connectivity index (χ0n) is 18.4. The fourth-order valence-electron chi connectivity index (χ4n) is 3.10. The molecule has 0 heterocycles. The standard InChI is InChI=1S/C22H30NO6/c1-22(2,3)23(24)21(14-9-15(25-4)11-16(10-14)26-5)20-18(28-7)12-17(27-6)13-19(20)29-8/h9-13,21H,1-8H3. The summed E-state index contributed by atoms with van der Waals surface area (Å²) in [5.74, 6) is 2.70. The zero-order chi connectivity index (χ0) is 21.8. The first-order chi connectivity index (χ1) is 13.7. The van der Waals surface area contributed by atoms with Crippen molar-refractivity contribution < 1.29 is 28.9 Å². The van der Waals surface area contributed by atoms with Crippen LogP contribution in [0.15, 0.2) is 30.3 Å². The Balaban J connectivity index is 2.84. The molecule has 0 aromatic heterocycles. The van der Waals surface area contributed by atoms with Crippen LogP contribution in [0.5, 0.6) is 28.7 Å². The Morgan fingerprint density at radius 3 is 1.45 bits per heavy atom. The minimum atomic E-state index is -0.741. The van der Waals surface area contributed by atoms with Gasteiger partial charge in [-0.15, -0.1) is 10.3 Å². The molecule has 0 N–H and O–H groups in total. The average Bonchev–Trinajstić information content (AvgIpc) is 2.72. The Labute approximate surface area is 172 Å². The molecule has 0 saturated heterocycles. The van der Waals surface area contributed by atoms with Crippen LogP contribution in [0, 0.1) is 0 Å². The number of rotatable bonds is 8. The summed E-state index contributed by atoms with van der Waals surface area (Å²) in [6, 6.07) is 8.11. The molecular formula is C22H30NO6. The number of hydroxylamine groups is 2. The molecule has 1 atom stereocenters. The largest absolute Gasteiger partial charge is 0.497 e. The van der Waals surface area contributed by atoms with Crippen molar-refractivity contribution >= 4 is 0 Å². The summed E-state index contributed by atoms with van der Waals surface area (Å²) in [7, 11) is 7.80. The van der Waals surface area contributed by atoms with E-state index in [1.54, 1.807) is 53.7 Å². The summed E-state index contributed by atoms with van der Waals surface area (Å²) in [6.45, 7) is 5.56. The van der Waals surface area contributed by atoms with Gasteiger partial charge in [0.15, 0.2) is 0 Å². The summed E-state index contributed by atoms with van der Waals surface area (Å²) >= 11 is 0. The third-order valence-corrected chi connectivity index (χ3v) is 4.61. The van der Waals surface area contributed by atoms with Gasteiger partial charge in [0.1, 0.15) is 28.7 Å². The van der Waals surface area contributed by atoms with Crippen LogP contribution in [0.2, 0.25) is 0 Å². The first-order valence-corrected chi connectivity index (χ1v) is 9.19. The fraction of sp³-hybridized carbons (Fsp3) is 0.455. The number of methoxy groups -OCH3 is 5. The van der Waals surface area contributed by atoms with Crippen LogP contribution in [0.3, 0.4) is 0 Å². The lowest BCUT2D eigenvalue weighted by molar-refractivity contribution is -0.233. The van der Waals surface area contributed by atoms with Crippen LogP contribution in [-0.4, -0.2) is 46.2 Å². The summed E-state index contributed by atoms with van der Waals surface area (Å²) in [6.07, 6.45) is 0. The van der Waals surface area contributed by atoms with Crippen molar-refractivity contribution in [1.82, 2.24) is 5.06 Å². The van der Waals surface area contributed by atoms with Crippen molar-refractivity contribution in [1.29, 1.82) is 0 Å². The summed E-state index contributed by atoms with van der Waals surface area (Å²) < 4.78 is 27.4. The molecular weight excluding hydrogens is 374 g/mol. The smallest absolute Gasteiger partial charge is 0.131 e. The van der Waals surface area contributed by atoms with Gasteiger partial charge in [0.05, 0.1) is 47.2 Å². The molecule has 2 aromatic rings. The first-order valence-electron chi connectivity index (χ1n) is 9.19. The normalized spacial score (nSPS) is 12.5. The van der Waals surface area contributed by atoms with Crippen LogP contribution in [0.4, 0.5) is 0 Å². The SMILES string of the molecule is COc1cc(OC)cc(C(c2c(OC)cc(OC)cc2OC)N([O])C(C)(C)C)c1. The Morgan fingerprint density at radius 1 is 0.690 bits per heavy atom. The highest BCUT2D eigenvalue weighted by Crippen LogP contribution is 2.46. The van der Waals surface area contributed by atoms with Crippen molar-refractivity contribution in [3.05, 3.63) is 41.5 Å².